The van der Waals surface area contributed by atoms with E-state index in [-0.39, 0.29) is 29.5 Å². The fourth-order valence-electron chi connectivity index (χ4n) is 4.41. The number of methoxy groups -OCH3 is 1. The SMILES string of the molecule is COCC1(C(=O)N2CCN(CC=C(C)C)[C@@H]3CS(=O)(=O)C[C@@H]32)CCC1. The molecule has 0 bridgehead atoms. The van der Waals surface area contributed by atoms with Crippen LogP contribution < -0.4 is 0 Å². The van der Waals surface area contributed by atoms with Crippen LogP contribution in [0, 0.1) is 5.41 Å². The van der Waals surface area contributed by atoms with Gasteiger partial charge in [-0.3, -0.25) is 9.69 Å². The van der Waals surface area contributed by atoms with E-state index in [1.807, 2.05) is 18.7 Å². The van der Waals surface area contributed by atoms with Crippen LogP contribution in [0.4, 0.5) is 0 Å². The van der Waals surface area contributed by atoms with Crippen LogP contribution in [-0.2, 0) is 19.4 Å². The number of hydrogen-bond donors (Lipinski definition) is 0. The van der Waals surface area contributed by atoms with Gasteiger partial charge in [-0.1, -0.05) is 18.1 Å². The van der Waals surface area contributed by atoms with Crippen molar-refractivity contribution in [3.05, 3.63) is 11.6 Å². The molecule has 2 atom stereocenters. The molecule has 3 aliphatic rings. The zero-order valence-corrected chi connectivity index (χ0v) is 16.3. The molecule has 25 heavy (non-hydrogen) atoms. The van der Waals surface area contributed by atoms with Crippen LogP contribution >= 0.6 is 0 Å². The van der Waals surface area contributed by atoms with Crippen LogP contribution in [0.3, 0.4) is 0 Å². The Balaban J connectivity index is 1.81. The fraction of sp³-hybridized carbons (Fsp3) is 0.833. The highest BCUT2D eigenvalue weighted by molar-refractivity contribution is 7.91. The number of hydrogen-bond acceptors (Lipinski definition) is 5. The Labute approximate surface area is 151 Å². The molecule has 1 aliphatic carbocycles. The van der Waals surface area contributed by atoms with Gasteiger partial charge in [0, 0.05) is 32.8 Å². The number of sulfone groups is 1. The van der Waals surface area contributed by atoms with Gasteiger partial charge in [-0.25, -0.2) is 8.42 Å². The number of piperazine rings is 1. The summed E-state index contributed by atoms with van der Waals surface area (Å²) in [6.07, 6.45) is 4.88. The summed E-state index contributed by atoms with van der Waals surface area (Å²) in [4.78, 5) is 17.3. The number of amides is 1. The maximum atomic E-state index is 13.2. The molecule has 1 saturated carbocycles. The molecule has 2 heterocycles. The van der Waals surface area contributed by atoms with Gasteiger partial charge in [-0.05, 0) is 26.7 Å². The Bertz CT molecular complexity index is 650. The van der Waals surface area contributed by atoms with Gasteiger partial charge in [0.15, 0.2) is 9.84 Å². The second-order valence-corrected chi connectivity index (χ2v) is 10.2. The molecule has 6 nitrogen and oxygen atoms in total. The topological polar surface area (TPSA) is 66.9 Å². The van der Waals surface area contributed by atoms with E-state index in [0.717, 1.165) is 32.4 Å². The molecule has 3 fully saturated rings. The van der Waals surface area contributed by atoms with Gasteiger partial charge < -0.3 is 9.64 Å². The lowest BCUT2D eigenvalue weighted by molar-refractivity contribution is -0.158. The summed E-state index contributed by atoms with van der Waals surface area (Å²) in [7, 11) is -1.47. The van der Waals surface area contributed by atoms with E-state index in [0.29, 0.717) is 13.2 Å². The Kier molecular flexibility index (Phi) is 5.28. The Morgan fingerprint density at radius 3 is 2.44 bits per heavy atom. The molecular formula is C18H30N2O4S. The molecule has 0 aromatic heterocycles. The molecule has 2 saturated heterocycles. The van der Waals surface area contributed by atoms with Crippen molar-refractivity contribution in [2.24, 2.45) is 5.41 Å². The number of fused-ring (bicyclic) bond motifs is 1. The summed E-state index contributed by atoms with van der Waals surface area (Å²) in [5.74, 6) is 0.363. The van der Waals surface area contributed by atoms with E-state index < -0.39 is 15.3 Å². The molecule has 1 amide bonds. The lowest BCUT2D eigenvalue weighted by Gasteiger charge is -2.49. The van der Waals surface area contributed by atoms with Gasteiger partial charge in [-0.15, -0.1) is 0 Å². The first kappa shape index (κ1) is 18.9. The van der Waals surface area contributed by atoms with Crippen LogP contribution in [0.5, 0.6) is 0 Å². The largest absolute Gasteiger partial charge is 0.384 e. The molecule has 0 spiro atoms. The Morgan fingerprint density at radius 1 is 1.20 bits per heavy atom. The maximum Gasteiger partial charge on any atom is 0.231 e. The third-order valence-corrected chi connectivity index (χ3v) is 7.67. The second-order valence-electron chi connectivity index (χ2n) is 8.05. The van der Waals surface area contributed by atoms with Crippen LogP contribution in [0.1, 0.15) is 33.1 Å². The van der Waals surface area contributed by atoms with Gasteiger partial charge in [-0.2, -0.15) is 0 Å². The molecule has 0 aromatic rings. The highest BCUT2D eigenvalue weighted by Crippen LogP contribution is 2.44. The standard InChI is InChI=1S/C18H30N2O4S/c1-14(2)5-8-19-9-10-20(16-12-25(22,23)11-15(16)19)17(21)18(13-24-3)6-4-7-18/h5,15-16H,4,6-13H2,1-3H3/t15-,16+/m1/s1. The number of rotatable bonds is 5. The minimum Gasteiger partial charge on any atom is -0.384 e. The van der Waals surface area contributed by atoms with Crippen LogP contribution in [0.15, 0.2) is 11.6 Å². The summed E-state index contributed by atoms with van der Waals surface area (Å²) in [6, 6.07) is -0.302. The summed E-state index contributed by atoms with van der Waals surface area (Å²) < 4.78 is 29.9. The first-order chi connectivity index (χ1) is 11.8. The van der Waals surface area contributed by atoms with E-state index >= 15 is 0 Å². The number of nitrogens with zero attached hydrogens (tertiary/aromatic N) is 2. The lowest BCUT2D eigenvalue weighted by Crippen LogP contribution is -2.64. The van der Waals surface area contributed by atoms with Crippen molar-refractivity contribution in [1.29, 1.82) is 0 Å². The highest BCUT2D eigenvalue weighted by atomic mass is 32.2. The van der Waals surface area contributed by atoms with E-state index in [1.165, 1.54) is 5.57 Å². The molecule has 7 heteroatoms. The Morgan fingerprint density at radius 2 is 1.88 bits per heavy atom. The van der Waals surface area contributed by atoms with Gasteiger partial charge >= 0.3 is 0 Å². The third kappa shape index (κ3) is 3.64. The van der Waals surface area contributed by atoms with Crippen molar-refractivity contribution in [3.8, 4) is 0 Å². The van der Waals surface area contributed by atoms with Crippen molar-refractivity contribution in [1.82, 2.24) is 9.80 Å². The van der Waals surface area contributed by atoms with Gasteiger partial charge in [0.1, 0.15) is 0 Å². The molecule has 142 valence electrons. The molecule has 0 aromatic carbocycles. The zero-order valence-electron chi connectivity index (χ0n) is 15.5. The first-order valence-electron chi connectivity index (χ1n) is 9.16. The zero-order chi connectivity index (χ0) is 18.2. The normalized spacial score (nSPS) is 30.4. The van der Waals surface area contributed by atoms with Crippen molar-refractivity contribution < 1.29 is 17.9 Å². The van der Waals surface area contributed by atoms with E-state index in [1.54, 1.807) is 7.11 Å². The maximum absolute atomic E-state index is 13.2. The first-order valence-corrected chi connectivity index (χ1v) is 11.0. The molecule has 0 N–H and O–H groups in total. The lowest BCUT2D eigenvalue weighted by atomic mass is 9.68. The summed E-state index contributed by atoms with van der Waals surface area (Å²) in [5, 5.41) is 0. The van der Waals surface area contributed by atoms with Crippen LogP contribution in [0.25, 0.3) is 0 Å². The number of ether oxygens (including phenoxy) is 1. The predicted octanol–water partition coefficient (Wildman–Crippen LogP) is 1.08. The molecular weight excluding hydrogens is 340 g/mol. The molecule has 0 radical (unpaired) electrons. The average Bonchev–Trinajstić information content (AvgIpc) is 2.82. The molecule has 2 aliphatic heterocycles. The van der Waals surface area contributed by atoms with E-state index in [4.69, 9.17) is 4.74 Å². The van der Waals surface area contributed by atoms with Crippen molar-refractivity contribution >= 4 is 15.7 Å². The summed E-state index contributed by atoms with van der Waals surface area (Å²) >= 11 is 0. The number of carbonyl (C=O) groups is 1. The predicted molar refractivity (Wildman–Crippen MR) is 97.1 cm³/mol. The fourth-order valence-corrected chi connectivity index (χ4v) is 6.42. The minimum atomic E-state index is -3.10. The van der Waals surface area contributed by atoms with Gasteiger partial charge in [0.05, 0.1) is 29.6 Å². The third-order valence-electron chi connectivity index (χ3n) is 5.97. The van der Waals surface area contributed by atoms with Crippen LogP contribution in [-0.4, -0.2) is 81.1 Å². The monoisotopic (exact) mass is 370 g/mol. The smallest absolute Gasteiger partial charge is 0.231 e. The quantitative estimate of drug-likeness (QED) is 0.678. The van der Waals surface area contributed by atoms with Gasteiger partial charge in [0.2, 0.25) is 5.91 Å². The van der Waals surface area contributed by atoms with Crippen molar-refractivity contribution in [3.63, 3.8) is 0 Å². The van der Waals surface area contributed by atoms with Crippen molar-refractivity contribution in [2.75, 3.05) is 44.9 Å². The minimum absolute atomic E-state index is 0.0852. The van der Waals surface area contributed by atoms with E-state index in [9.17, 15) is 13.2 Å². The average molecular weight is 371 g/mol. The Hall–Kier alpha value is -0.920. The van der Waals surface area contributed by atoms with Crippen molar-refractivity contribution in [2.45, 2.75) is 45.2 Å². The second kappa shape index (κ2) is 7.00. The molecule has 0 unspecified atom stereocenters. The summed E-state index contributed by atoms with van der Waals surface area (Å²) in [5.41, 5.74) is 0.803. The number of carbonyl (C=O) groups excluding carboxylic acids is 1. The molecule has 3 rings (SSSR count). The van der Waals surface area contributed by atoms with Gasteiger partial charge in [0.25, 0.3) is 0 Å². The highest BCUT2D eigenvalue weighted by Gasteiger charge is 2.53. The van der Waals surface area contributed by atoms with Crippen LogP contribution in [0.2, 0.25) is 0 Å². The summed E-state index contributed by atoms with van der Waals surface area (Å²) in [6.45, 7) is 6.63. The number of allylic oxidation sites excluding steroid dienone is 1. The van der Waals surface area contributed by atoms with E-state index in [2.05, 4.69) is 11.0 Å².